The second-order valence-corrected chi connectivity index (χ2v) is 9.75. The molecule has 0 heterocycles. The van der Waals surface area contributed by atoms with Gasteiger partial charge in [-0.15, -0.1) is 0 Å². The number of sulfonamides is 2. The molecule has 3 rings (SSSR count). The largest absolute Gasteiger partial charge is 0.397 e. The van der Waals surface area contributed by atoms with Crippen LogP contribution < -0.4 is 9.44 Å². The molecule has 27 heavy (non-hydrogen) atoms. The molecule has 3 aromatic carbocycles. The number of halogens is 1. The van der Waals surface area contributed by atoms with Gasteiger partial charge in [-0.3, -0.25) is 0 Å². The highest BCUT2D eigenvalue weighted by molar-refractivity contribution is 8.10. The molecule has 0 bridgehead atoms. The van der Waals surface area contributed by atoms with Gasteiger partial charge in [-0.05, 0) is 42.5 Å². The lowest BCUT2D eigenvalue weighted by molar-refractivity contribution is 0.584. The SMILES string of the molecule is Nc1cc(N(S(=O)(=O)c2ccccc2)S(=O)(=O)c2ccccc2)ccc1Cl. The highest BCUT2D eigenvalue weighted by Gasteiger charge is 2.37. The number of hydrogen-bond donors (Lipinski definition) is 1. The smallest absolute Gasteiger partial charge is 0.277 e. The van der Waals surface area contributed by atoms with Gasteiger partial charge in [0.25, 0.3) is 20.0 Å². The Morgan fingerprint density at radius 2 is 1.15 bits per heavy atom. The van der Waals surface area contributed by atoms with E-state index >= 15 is 0 Å². The van der Waals surface area contributed by atoms with E-state index in [0.717, 1.165) is 0 Å². The Hall–Kier alpha value is -2.55. The molecule has 9 heteroatoms. The van der Waals surface area contributed by atoms with Gasteiger partial charge in [-0.1, -0.05) is 48.0 Å². The summed E-state index contributed by atoms with van der Waals surface area (Å²) in [5, 5.41) is 0.188. The van der Waals surface area contributed by atoms with Crippen molar-refractivity contribution in [3.63, 3.8) is 0 Å². The number of nitrogen functional groups attached to an aromatic ring is 1. The van der Waals surface area contributed by atoms with Crippen molar-refractivity contribution in [3.8, 4) is 0 Å². The third kappa shape index (κ3) is 3.64. The van der Waals surface area contributed by atoms with E-state index in [2.05, 4.69) is 0 Å². The summed E-state index contributed by atoms with van der Waals surface area (Å²) in [6.45, 7) is 0. The Kier molecular flexibility index (Phi) is 5.14. The zero-order valence-corrected chi connectivity index (χ0v) is 16.2. The van der Waals surface area contributed by atoms with Crippen LogP contribution in [0.1, 0.15) is 0 Å². The summed E-state index contributed by atoms with van der Waals surface area (Å²) in [6, 6.07) is 18.4. The predicted molar refractivity (Wildman–Crippen MR) is 106 cm³/mol. The molecule has 3 aromatic rings. The van der Waals surface area contributed by atoms with Crippen LogP contribution in [0.5, 0.6) is 0 Å². The molecule has 0 aromatic heterocycles. The van der Waals surface area contributed by atoms with Gasteiger partial charge in [0.1, 0.15) is 0 Å². The van der Waals surface area contributed by atoms with E-state index in [4.69, 9.17) is 17.3 Å². The summed E-state index contributed by atoms with van der Waals surface area (Å²) in [5.74, 6) is 0. The first-order chi connectivity index (χ1) is 12.7. The third-order valence-corrected chi connectivity index (χ3v) is 8.26. The molecule has 140 valence electrons. The zero-order valence-electron chi connectivity index (χ0n) is 13.9. The lowest BCUT2D eigenvalue weighted by Crippen LogP contribution is -2.37. The zero-order chi connectivity index (χ0) is 19.7. The van der Waals surface area contributed by atoms with Crippen LogP contribution in [0.15, 0.2) is 88.7 Å². The molecule has 0 spiro atoms. The van der Waals surface area contributed by atoms with Crippen molar-refractivity contribution in [2.24, 2.45) is 0 Å². The maximum Gasteiger partial charge on any atom is 0.277 e. The third-order valence-electron chi connectivity index (χ3n) is 3.71. The van der Waals surface area contributed by atoms with Gasteiger partial charge in [-0.2, -0.15) is 3.71 Å². The van der Waals surface area contributed by atoms with Crippen molar-refractivity contribution >= 4 is 43.0 Å². The number of hydrogen-bond acceptors (Lipinski definition) is 5. The summed E-state index contributed by atoms with van der Waals surface area (Å²) < 4.78 is 53.3. The second kappa shape index (κ2) is 7.22. The molecule has 0 radical (unpaired) electrons. The van der Waals surface area contributed by atoms with Crippen LogP contribution in [-0.4, -0.2) is 16.8 Å². The topological polar surface area (TPSA) is 97.5 Å². The van der Waals surface area contributed by atoms with Crippen molar-refractivity contribution in [3.05, 3.63) is 83.9 Å². The Morgan fingerprint density at radius 3 is 1.56 bits per heavy atom. The first-order valence-corrected chi connectivity index (χ1v) is 11.0. The fraction of sp³-hybridized carbons (Fsp3) is 0. The standard InChI is InChI=1S/C18H15ClN2O4S2/c19-17-12-11-14(13-18(17)20)21(26(22,23)15-7-3-1-4-8-15)27(24,25)16-9-5-2-6-10-16/h1-13H,20H2. The van der Waals surface area contributed by atoms with E-state index < -0.39 is 20.0 Å². The van der Waals surface area contributed by atoms with E-state index in [1.54, 1.807) is 12.1 Å². The van der Waals surface area contributed by atoms with Crippen LogP contribution in [-0.2, 0) is 20.0 Å². The molecule has 0 aliphatic heterocycles. The van der Waals surface area contributed by atoms with Gasteiger partial charge in [0.2, 0.25) is 0 Å². The number of nitrogens with zero attached hydrogens (tertiary/aromatic N) is 1. The number of benzene rings is 3. The first kappa shape index (κ1) is 19.2. The van der Waals surface area contributed by atoms with Crippen molar-refractivity contribution < 1.29 is 16.8 Å². The van der Waals surface area contributed by atoms with Crippen LogP contribution in [0.2, 0.25) is 5.02 Å². The average molecular weight is 423 g/mol. The quantitative estimate of drug-likeness (QED) is 0.634. The molecule has 0 aliphatic carbocycles. The molecule has 0 atom stereocenters. The Labute approximate surface area is 162 Å². The minimum atomic E-state index is -4.44. The lowest BCUT2D eigenvalue weighted by atomic mass is 10.3. The average Bonchev–Trinajstić information content (AvgIpc) is 2.66. The highest BCUT2D eigenvalue weighted by atomic mass is 35.5. The first-order valence-electron chi connectivity index (χ1n) is 7.70. The molecule has 0 saturated heterocycles. The van der Waals surface area contributed by atoms with Gasteiger partial charge in [0.15, 0.2) is 0 Å². The van der Waals surface area contributed by atoms with E-state index in [0.29, 0.717) is 3.71 Å². The summed E-state index contributed by atoms with van der Waals surface area (Å²) in [5.41, 5.74) is 5.70. The monoisotopic (exact) mass is 422 g/mol. The van der Waals surface area contributed by atoms with Crippen LogP contribution in [0.4, 0.5) is 11.4 Å². The van der Waals surface area contributed by atoms with Crippen molar-refractivity contribution in [2.75, 3.05) is 9.44 Å². The molecule has 0 aliphatic rings. The van der Waals surface area contributed by atoms with Crippen LogP contribution in [0, 0.1) is 0 Å². The second-order valence-electron chi connectivity index (χ2n) is 5.54. The van der Waals surface area contributed by atoms with Gasteiger partial charge in [0, 0.05) is 0 Å². The van der Waals surface area contributed by atoms with Crippen molar-refractivity contribution in [1.29, 1.82) is 0 Å². The minimum absolute atomic E-state index is 0.0608. The molecule has 0 saturated carbocycles. The van der Waals surface area contributed by atoms with Crippen molar-refractivity contribution in [1.82, 2.24) is 0 Å². The summed E-state index contributed by atoms with van der Waals surface area (Å²) in [4.78, 5) is -0.337. The Balaban J connectivity index is 2.29. The van der Waals surface area contributed by atoms with Crippen LogP contribution in [0.25, 0.3) is 0 Å². The van der Waals surface area contributed by atoms with Gasteiger partial charge in [0.05, 0.1) is 26.2 Å². The Bertz CT molecular complexity index is 1100. The van der Waals surface area contributed by atoms with Gasteiger partial charge in [-0.25, -0.2) is 16.8 Å². The highest BCUT2D eigenvalue weighted by Crippen LogP contribution is 2.33. The predicted octanol–water partition coefficient (Wildman–Crippen LogP) is 3.51. The molecule has 6 nitrogen and oxygen atoms in total. The molecule has 2 N–H and O–H groups in total. The Morgan fingerprint density at radius 1 is 0.704 bits per heavy atom. The van der Waals surface area contributed by atoms with E-state index in [-0.39, 0.29) is 26.2 Å². The minimum Gasteiger partial charge on any atom is -0.397 e. The fourth-order valence-electron chi connectivity index (χ4n) is 2.43. The lowest BCUT2D eigenvalue weighted by Gasteiger charge is -2.24. The maximum absolute atomic E-state index is 13.2. The number of anilines is 2. The van der Waals surface area contributed by atoms with Gasteiger partial charge >= 0.3 is 0 Å². The summed E-state index contributed by atoms with van der Waals surface area (Å²) >= 11 is 5.91. The van der Waals surface area contributed by atoms with E-state index in [9.17, 15) is 16.8 Å². The maximum atomic E-state index is 13.2. The molecule has 0 amide bonds. The van der Waals surface area contributed by atoms with Crippen molar-refractivity contribution in [2.45, 2.75) is 9.79 Å². The fourth-order valence-corrected chi connectivity index (χ4v) is 6.26. The molecular formula is C18H15ClN2O4S2. The summed E-state index contributed by atoms with van der Waals surface area (Å²) in [6.07, 6.45) is 0. The van der Waals surface area contributed by atoms with E-state index in [1.165, 1.54) is 66.7 Å². The normalized spacial score (nSPS) is 11.9. The molecule has 0 fully saturated rings. The van der Waals surface area contributed by atoms with Crippen LogP contribution >= 0.6 is 11.6 Å². The van der Waals surface area contributed by atoms with Crippen LogP contribution in [0.3, 0.4) is 0 Å². The number of nitrogens with two attached hydrogens (primary N) is 1. The summed E-state index contributed by atoms with van der Waals surface area (Å²) in [7, 11) is -8.89. The van der Waals surface area contributed by atoms with Gasteiger partial charge < -0.3 is 5.73 Å². The van der Waals surface area contributed by atoms with E-state index in [1.807, 2.05) is 0 Å². The molecule has 0 unspecified atom stereocenters. The molecular weight excluding hydrogens is 408 g/mol. The number of rotatable bonds is 5.